The third-order valence-electron chi connectivity index (χ3n) is 3.16. The SMILES string of the molecule is COc1ccc(N)c(C(=O)OCC2CCC2)c1. The topological polar surface area (TPSA) is 61.5 Å². The van der Waals surface area contributed by atoms with Crippen molar-refractivity contribution in [2.45, 2.75) is 19.3 Å². The molecule has 2 N–H and O–H groups in total. The summed E-state index contributed by atoms with van der Waals surface area (Å²) in [6.07, 6.45) is 3.55. The molecule has 1 saturated carbocycles. The number of nitrogens with two attached hydrogens (primary N) is 1. The third kappa shape index (κ3) is 2.70. The van der Waals surface area contributed by atoms with E-state index in [9.17, 15) is 4.79 Å². The summed E-state index contributed by atoms with van der Waals surface area (Å²) in [6, 6.07) is 4.98. The largest absolute Gasteiger partial charge is 0.497 e. The average molecular weight is 235 g/mol. The summed E-state index contributed by atoms with van der Waals surface area (Å²) >= 11 is 0. The molecule has 0 heterocycles. The van der Waals surface area contributed by atoms with Gasteiger partial charge >= 0.3 is 5.97 Å². The van der Waals surface area contributed by atoms with Crippen molar-refractivity contribution >= 4 is 11.7 Å². The lowest BCUT2D eigenvalue weighted by Crippen LogP contribution is -2.20. The van der Waals surface area contributed by atoms with E-state index in [1.165, 1.54) is 6.42 Å². The summed E-state index contributed by atoms with van der Waals surface area (Å²) in [4.78, 5) is 11.8. The lowest BCUT2D eigenvalue weighted by molar-refractivity contribution is 0.0372. The first-order valence-corrected chi connectivity index (χ1v) is 5.81. The smallest absolute Gasteiger partial charge is 0.340 e. The van der Waals surface area contributed by atoms with Crippen LogP contribution in [0.25, 0.3) is 0 Å². The molecule has 92 valence electrons. The number of rotatable bonds is 4. The van der Waals surface area contributed by atoms with Gasteiger partial charge < -0.3 is 15.2 Å². The molecule has 0 aliphatic heterocycles. The molecule has 1 aliphatic rings. The molecule has 1 aliphatic carbocycles. The lowest BCUT2D eigenvalue weighted by atomic mass is 9.86. The summed E-state index contributed by atoms with van der Waals surface area (Å²) < 4.78 is 10.3. The summed E-state index contributed by atoms with van der Waals surface area (Å²) in [5.74, 6) is 0.772. The fourth-order valence-electron chi connectivity index (χ4n) is 1.77. The fourth-order valence-corrected chi connectivity index (χ4v) is 1.77. The van der Waals surface area contributed by atoms with Gasteiger partial charge in [-0.2, -0.15) is 0 Å². The molecule has 1 aromatic rings. The lowest BCUT2D eigenvalue weighted by Gasteiger charge is -2.24. The molecule has 0 aromatic heterocycles. The van der Waals surface area contributed by atoms with E-state index in [0.717, 1.165) is 12.8 Å². The zero-order valence-corrected chi connectivity index (χ0v) is 9.94. The number of carbonyl (C=O) groups is 1. The van der Waals surface area contributed by atoms with Gasteiger partial charge in [-0.05, 0) is 37.0 Å². The number of methoxy groups -OCH3 is 1. The highest BCUT2D eigenvalue weighted by Crippen LogP contribution is 2.27. The molecule has 1 aromatic carbocycles. The quantitative estimate of drug-likeness (QED) is 0.642. The second-order valence-electron chi connectivity index (χ2n) is 4.35. The Bertz CT molecular complexity index is 413. The van der Waals surface area contributed by atoms with Gasteiger partial charge in [-0.15, -0.1) is 0 Å². The van der Waals surface area contributed by atoms with Crippen molar-refractivity contribution in [1.29, 1.82) is 0 Å². The second-order valence-corrected chi connectivity index (χ2v) is 4.35. The van der Waals surface area contributed by atoms with Gasteiger partial charge in [0.15, 0.2) is 0 Å². The number of carbonyl (C=O) groups excluding carboxylic acids is 1. The number of benzene rings is 1. The Morgan fingerprint density at radius 2 is 2.24 bits per heavy atom. The van der Waals surface area contributed by atoms with E-state index in [1.807, 2.05) is 0 Å². The Labute approximate surface area is 101 Å². The van der Waals surface area contributed by atoms with Crippen molar-refractivity contribution in [3.63, 3.8) is 0 Å². The van der Waals surface area contributed by atoms with Crippen LogP contribution in [0.2, 0.25) is 0 Å². The third-order valence-corrected chi connectivity index (χ3v) is 3.16. The normalized spacial score (nSPS) is 15.1. The van der Waals surface area contributed by atoms with Gasteiger partial charge in [0.2, 0.25) is 0 Å². The maximum Gasteiger partial charge on any atom is 0.340 e. The summed E-state index contributed by atoms with van der Waals surface area (Å²) in [5, 5.41) is 0. The molecule has 4 nitrogen and oxygen atoms in total. The molecular weight excluding hydrogens is 218 g/mol. The maximum atomic E-state index is 11.8. The van der Waals surface area contributed by atoms with Gasteiger partial charge in [0.1, 0.15) is 5.75 Å². The number of hydrogen-bond donors (Lipinski definition) is 1. The Morgan fingerprint density at radius 1 is 1.47 bits per heavy atom. The molecule has 0 bridgehead atoms. The maximum absolute atomic E-state index is 11.8. The first-order chi connectivity index (χ1) is 8.20. The van der Waals surface area contributed by atoms with Crippen LogP contribution in [0.5, 0.6) is 5.75 Å². The molecule has 0 amide bonds. The van der Waals surface area contributed by atoms with Crippen molar-refractivity contribution < 1.29 is 14.3 Å². The van der Waals surface area contributed by atoms with Crippen LogP contribution in [0.15, 0.2) is 18.2 Å². The summed E-state index contributed by atoms with van der Waals surface area (Å²) in [7, 11) is 1.55. The predicted molar refractivity (Wildman–Crippen MR) is 65.0 cm³/mol. The average Bonchev–Trinajstić information content (AvgIpc) is 2.27. The zero-order valence-electron chi connectivity index (χ0n) is 9.94. The van der Waals surface area contributed by atoms with Crippen LogP contribution < -0.4 is 10.5 Å². The van der Waals surface area contributed by atoms with Gasteiger partial charge in [-0.1, -0.05) is 6.42 Å². The van der Waals surface area contributed by atoms with E-state index in [1.54, 1.807) is 25.3 Å². The number of esters is 1. The van der Waals surface area contributed by atoms with Crippen LogP contribution in [-0.2, 0) is 4.74 Å². The van der Waals surface area contributed by atoms with Crippen molar-refractivity contribution in [3.05, 3.63) is 23.8 Å². The van der Waals surface area contributed by atoms with Gasteiger partial charge in [0, 0.05) is 5.69 Å². The van der Waals surface area contributed by atoms with Crippen LogP contribution in [0.3, 0.4) is 0 Å². The molecule has 0 saturated heterocycles. The van der Waals surface area contributed by atoms with E-state index < -0.39 is 0 Å². The van der Waals surface area contributed by atoms with Crippen LogP contribution in [-0.4, -0.2) is 19.7 Å². The van der Waals surface area contributed by atoms with E-state index in [-0.39, 0.29) is 5.97 Å². The molecular formula is C13H17NO3. The summed E-state index contributed by atoms with van der Waals surface area (Å²) in [5.41, 5.74) is 6.54. The molecule has 0 unspecified atom stereocenters. The molecule has 17 heavy (non-hydrogen) atoms. The number of anilines is 1. The van der Waals surface area contributed by atoms with Gasteiger partial charge in [-0.3, -0.25) is 0 Å². The van der Waals surface area contributed by atoms with Gasteiger partial charge in [-0.25, -0.2) is 4.79 Å². The Hall–Kier alpha value is -1.71. The second kappa shape index (κ2) is 5.08. The fraction of sp³-hybridized carbons (Fsp3) is 0.462. The first kappa shape index (κ1) is 11.8. The molecule has 4 heteroatoms. The Balaban J connectivity index is 2.01. The number of ether oxygens (including phenoxy) is 2. The van der Waals surface area contributed by atoms with Crippen LogP contribution >= 0.6 is 0 Å². The predicted octanol–water partition coefficient (Wildman–Crippen LogP) is 2.23. The van der Waals surface area contributed by atoms with Crippen LogP contribution in [0.1, 0.15) is 29.6 Å². The van der Waals surface area contributed by atoms with Gasteiger partial charge in [0.25, 0.3) is 0 Å². The number of hydrogen-bond acceptors (Lipinski definition) is 4. The number of nitrogen functional groups attached to an aromatic ring is 1. The van der Waals surface area contributed by atoms with Crippen molar-refractivity contribution in [2.75, 3.05) is 19.5 Å². The standard InChI is InChI=1S/C13H17NO3/c1-16-10-5-6-12(14)11(7-10)13(15)17-8-9-3-2-4-9/h5-7,9H,2-4,8,14H2,1H3. The van der Waals surface area contributed by atoms with E-state index in [4.69, 9.17) is 15.2 Å². The minimum atomic E-state index is -0.367. The summed E-state index contributed by atoms with van der Waals surface area (Å²) in [6.45, 7) is 0.496. The van der Waals surface area contributed by atoms with Crippen molar-refractivity contribution in [2.24, 2.45) is 5.92 Å². The Morgan fingerprint density at radius 3 is 2.82 bits per heavy atom. The molecule has 2 rings (SSSR count). The zero-order chi connectivity index (χ0) is 12.3. The van der Waals surface area contributed by atoms with Crippen LogP contribution in [0, 0.1) is 5.92 Å². The van der Waals surface area contributed by atoms with E-state index in [2.05, 4.69) is 0 Å². The highest BCUT2D eigenvalue weighted by Gasteiger charge is 2.20. The molecule has 0 spiro atoms. The highest BCUT2D eigenvalue weighted by atomic mass is 16.5. The molecule has 0 radical (unpaired) electrons. The molecule has 1 fully saturated rings. The minimum absolute atomic E-state index is 0.367. The van der Waals surface area contributed by atoms with Gasteiger partial charge in [0.05, 0.1) is 19.3 Å². The molecule has 0 atom stereocenters. The van der Waals surface area contributed by atoms with Crippen molar-refractivity contribution in [3.8, 4) is 5.75 Å². The highest BCUT2D eigenvalue weighted by molar-refractivity contribution is 5.95. The van der Waals surface area contributed by atoms with Crippen LogP contribution in [0.4, 0.5) is 5.69 Å². The Kier molecular flexibility index (Phi) is 3.52. The van der Waals surface area contributed by atoms with E-state index >= 15 is 0 Å². The monoisotopic (exact) mass is 235 g/mol. The van der Waals surface area contributed by atoms with Crippen molar-refractivity contribution in [1.82, 2.24) is 0 Å². The minimum Gasteiger partial charge on any atom is -0.497 e. The first-order valence-electron chi connectivity index (χ1n) is 5.81. The van der Waals surface area contributed by atoms with E-state index in [0.29, 0.717) is 29.5 Å².